The van der Waals surface area contributed by atoms with E-state index in [1.807, 2.05) is 111 Å². The Hall–Kier alpha value is -4.64. The SMILES string of the molecule is CCC(C(=O)Nc1cccc(Oc2ccc3c(/C=C/c4ccccc4)n[nH]c3c2)c1)c1ccccc1C. The van der Waals surface area contributed by atoms with E-state index in [1.54, 1.807) is 0 Å². The van der Waals surface area contributed by atoms with Crippen LogP contribution >= 0.6 is 0 Å². The lowest BCUT2D eigenvalue weighted by molar-refractivity contribution is -0.117. The van der Waals surface area contributed by atoms with Crippen LogP contribution in [-0.4, -0.2) is 16.1 Å². The van der Waals surface area contributed by atoms with E-state index in [-0.39, 0.29) is 11.8 Å². The van der Waals surface area contributed by atoms with Gasteiger partial charge in [0, 0.05) is 23.2 Å². The molecule has 4 aromatic carbocycles. The number of rotatable bonds is 8. The molecule has 1 amide bonds. The summed E-state index contributed by atoms with van der Waals surface area (Å²) in [5.74, 6) is 1.09. The molecule has 0 bridgehead atoms. The van der Waals surface area contributed by atoms with Gasteiger partial charge in [-0.3, -0.25) is 9.89 Å². The first-order chi connectivity index (χ1) is 18.1. The highest BCUT2D eigenvalue weighted by molar-refractivity contribution is 5.96. The van der Waals surface area contributed by atoms with Crippen LogP contribution in [0.15, 0.2) is 97.1 Å². The highest BCUT2D eigenvalue weighted by Gasteiger charge is 2.20. The Labute approximate surface area is 216 Å². The van der Waals surface area contributed by atoms with E-state index < -0.39 is 0 Å². The number of fused-ring (bicyclic) bond motifs is 1. The van der Waals surface area contributed by atoms with Gasteiger partial charge in [0.25, 0.3) is 0 Å². The molecule has 37 heavy (non-hydrogen) atoms. The largest absolute Gasteiger partial charge is 0.457 e. The Morgan fingerprint density at radius 3 is 2.51 bits per heavy atom. The Morgan fingerprint density at radius 1 is 0.919 bits per heavy atom. The summed E-state index contributed by atoms with van der Waals surface area (Å²) in [4.78, 5) is 13.1. The number of aromatic amines is 1. The third-order valence-electron chi connectivity index (χ3n) is 6.42. The molecule has 0 saturated carbocycles. The highest BCUT2D eigenvalue weighted by Crippen LogP contribution is 2.29. The third-order valence-corrected chi connectivity index (χ3v) is 6.42. The van der Waals surface area contributed by atoms with E-state index in [0.717, 1.165) is 39.7 Å². The molecule has 2 N–H and O–H groups in total. The van der Waals surface area contributed by atoms with Crippen molar-refractivity contribution in [1.29, 1.82) is 0 Å². The predicted molar refractivity (Wildman–Crippen MR) is 151 cm³/mol. The highest BCUT2D eigenvalue weighted by atomic mass is 16.5. The summed E-state index contributed by atoms with van der Waals surface area (Å²) in [5.41, 5.74) is 5.75. The molecule has 0 fully saturated rings. The second kappa shape index (κ2) is 11.0. The van der Waals surface area contributed by atoms with Gasteiger partial charge < -0.3 is 10.1 Å². The molecule has 5 nitrogen and oxygen atoms in total. The Kier molecular flexibility index (Phi) is 7.13. The molecule has 0 aliphatic rings. The first-order valence-corrected chi connectivity index (χ1v) is 12.5. The van der Waals surface area contributed by atoms with Gasteiger partial charge in [0.1, 0.15) is 11.5 Å². The van der Waals surface area contributed by atoms with Crippen LogP contribution in [0.5, 0.6) is 11.5 Å². The molecule has 1 heterocycles. The van der Waals surface area contributed by atoms with Gasteiger partial charge in [-0.05, 0) is 60.4 Å². The number of hydrogen-bond donors (Lipinski definition) is 2. The summed E-state index contributed by atoms with van der Waals surface area (Å²) in [6.45, 7) is 4.07. The Morgan fingerprint density at radius 2 is 1.70 bits per heavy atom. The molecule has 184 valence electrons. The molecule has 5 rings (SSSR count). The number of H-pyrrole nitrogens is 1. The van der Waals surface area contributed by atoms with Crippen molar-refractivity contribution in [3.8, 4) is 11.5 Å². The lowest BCUT2D eigenvalue weighted by Crippen LogP contribution is -2.21. The van der Waals surface area contributed by atoms with E-state index in [1.165, 1.54) is 0 Å². The summed E-state index contributed by atoms with van der Waals surface area (Å²) in [5, 5.41) is 11.6. The second-order valence-corrected chi connectivity index (χ2v) is 9.00. The zero-order chi connectivity index (χ0) is 25.6. The average molecular weight is 488 g/mol. The number of aryl methyl sites for hydroxylation is 1. The van der Waals surface area contributed by atoms with Crippen LogP contribution in [-0.2, 0) is 4.79 Å². The number of nitrogens with zero attached hydrogens (tertiary/aromatic N) is 1. The van der Waals surface area contributed by atoms with Gasteiger partial charge in [0.2, 0.25) is 5.91 Å². The Bertz CT molecular complexity index is 1550. The van der Waals surface area contributed by atoms with Crippen LogP contribution in [0.3, 0.4) is 0 Å². The molecule has 5 aromatic rings. The molecule has 0 aliphatic heterocycles. The third kappa shape index (κ3) is 5.62. The zero-order valence-electron chi connectivity index (χ0n) is 20.9. The van der Waals surface area contributed by atoms with Gasteiger partial charge in [0.05, 0.1) is 17.1 Å². The lowest BCUT2D eigenvalue weighted by Gasteiger charge is -2.18. The van der Waals surface area contributed by atoms with Gasteiger partial charge in [0.15, 0.2) is 0 Å². The fourth-order valence-electron chi connectivity index (χ4n) is 4.48. The zero-order valence-corrected chi connectivity index (χ0v) is 20.9. The van der Waals surface area contributed by atoms with Gasteiger partial charge in [-0.15, -0.1) is 0 Å². The summed E-state index contributed by atoms with van der Waals surface area (Å²) >= 11 is 0. The smallest absolute Gasteiger partial charge is 0.231 e. The number of aromatic nitrogens is 2. The molecule has 1 aromatic heterocycles. The maximum absolute atomic E-state index is 13.1. The molecule has 0 saturated heterocycles. The van der Waals surface area contributed by atoms with Crippen LogP contribution in [0, 0.1) is 6.92 Å². The molecule has 0 aliphatic carbocycles. The first kappa shape index (κ1) is 24.1. The van der Waals surface area contributed by atoms with Crippen LogP contribution in [0.4, 0.5) is 5.69 Å². The van der Waals surface area contributed by atoms with Crippen molar-refractivity contribution in [3.05, 3.63) is 119 Å². The van der Waals surface area contributed by atoms with Crippen LogP contribution < -0.4 is 10.1 Å². The molecule has 0 spiro atoms. The van der Waals surface area contributed by atoms with Crippen molar-refractivity contribution < 1.29 is 9.53 Å². The van der Waals surface area contributed by atoms with Crippen molar-refractivity contribution in [2.75, 3.05) is 5.32 Å². The minimum absolute atomic E-state index is 0.0242. The molecular formula is C32H29N3O2. The van der Waals surface area contributed by atoms with Gasteiger partial charge in [-0.25, -0.2) is 0 Å². The number of nitrogens with one attached hydrogen (secondary N) is 2. The van der Waals surface area contributed by atoms with Gasteiger partial charge in [-0.1, -0.05) is 73.7 Å². The predicted octanol–water partition coefficient (Wildman–Crippen LogP) is 7.97. The van der Waals surface area contributed by atoms with E-state index in [2.05, 4.69) is 27.6 Å². The van der Waals surface area contributed by atoms with E-state index in [0.29, 0.717) is 17.2 Å². The number of hydrogen-bond acceptors (Lipinski definition) is 3. The number of carbonyl (C=O) groups is 1. The van der Waals surface area contributed by atoms with Crippen molar-refractivity contribution >= 4 is 34.6 Å². The van der Waals surface area contributed by atoms with Crippen molar-refractivity contribution in [2.24, 2.45) is 0 Å². The van der Waals surface area contributed by atoms with Crippen LogP contribution in [0.25, 0.3) is 23.1 Å². The van der Waals surface area contributed by atoms with E-state index >= 15 is 0 Å². The summed E-state index contributed by atoms with van der Waals surface area (Å²) in [7, 11) is 0. The summed E-state index contributed by atoms with van der Waals surface area (Å²) in [6, 6.07) is 31.5. The molecule has 0 radical (unpaired) electrons. The van der Waals surface area contributed by atoms with Gasteiger partial charge >= 0.3 is 0 Å². The van der Waals surface area contributed by atoms with Crippen LogP contribution in [0.2, 0.25) is 0 Å². The normalized spacial score (nSPS) is 12.1. The molecule has 1 atom stereocenters. The fraction of sp³-hybridized carbons (Fsp3) is 0.125. The summed E-state index contributed by atoms with van der Waals surface area (Å²) in [6.07, 6.45) is 4.77. The maximum Gasteiger partial charge on any atom is 0.231 e. The topological polar surface area (TPSA) is 67.0 Å². The standard InChI is InChI=1S/C32H29N3O2/c1-3-27(28-15-8-7-10-22(28)2)32(36)33-24-13-9-14-25(20-24)37-26-17-18-29-30(34-35-31(29)21-26)19-16-23-11-5-4-6-12-23/h4-21,27H,3H2,1-2H3,(H,33,36)(H,34,35)/b19-16+. The lowest BCUT2D eigenvalue weighted by atomic mass is 9.92. The number of carbonyl (C=O) groups excluding carboxylic acids is 1. The minimum Gasteiger partial charge on any atom is -0.457 e. The first-order valence-electron chi connectivity index (χ1n) is 12.5. The average Bonchev–Trinajstić information content (AvgIpc) is 3.32. The van der Waals surface area contributed by atoms with Crippen molar-refractivity contribution in [2.45, 2.75) is 26.2 Å². The number of benzene rings is 4. The molecule has 1 unspecified atom stereocenters. The van der Waals surface area contributed by atoms with E-state index in [9.17, 15) is 4.79 Å². The van der Waals surface area contributed by atoms with E-state index in [4.69, 9.17) is 4.74 Å². The number of amides is 1. The summed E-state index contributed by atoms with van der Waals surface area (Å²) < 4.78 is 6.12. The number of anilines is 1. The number of ether oxygens (including phenoxy) is 1. The monoisotopic (exact) mass is 487 g/mol. The fourth-order valence-corrected chi connectivity index (χ4v) is 4.48. The van der Waals surface area contributed by atoms with Crippen LogP contribution in [0.1, 0.15) is 41.6 Å². The Balaban J connectivity index is 1.29. The molecule has 5 heteroatoms. The maximum atomic E-state index is 13.1. The van der Waals surface area contributed by atoms with Gasteiger partial charge in [-0.2, -0.15) is 5.10 Å². The second-order valence-electron chi connectivity index (χ2n) is 9.00. The molecular weight excluding hydrogens is 458 g/mol. The quantitative estimate of drug-likeness (QED) is 0.233. The van der Waals surface area contributed by atoms with Crippen molar-refractivity contribution in [3.63, 3.8) is 0 Å². The van der Waals surface area contributed by atoms with Crippen molar-refractivity contribution in [1.82, 2.24) is 10.2 Å². The minimum atomic E-state index is -0.210.